The largest absolute Gasteiger partial charge is 0.497 e. The maximum atomic E-state index is 13.7. The molecular weight excluding hydrogens is 452 g/mol. The van der Waals surface area contributed by atoms with E-state index in [9.17, 15) is 8.42 Å². The first-order chi connectivity index (χ1) is 16.3. The highest BCUT2D eigenvalue weighted by molar-refractivity contribution is 7.89. The van der Waals surface area contributed by atoms with Gasteiger partial charge < -0.3 is 9.47 Å². The Labute approximate surface area is 201 Å². The minimum Gasteiger partial charge on any atom is -0.497 e. The summed E-state index contributed by atoms with van der Waals surface area (Å²) in [4.78, 5) is 2.16. The predicted octanol–water partition coefficient (Wildman–Crippen LogP) is 3.47. The van der Waals surface area contributed by atoms with Crippen LogP contribution in [0.1, 0.15) is 17.5 Å². The molecule has 0 spiro atoms. The van der Waals surface area contributed by atoms with E-state index in [-0.39, 0.29) is 24.2 Å². The number of sulfonamides is 1. The molecule has 1 fully saturated rings. The summed E-state index contributed by atoms with van der Waals surface area (Å²) >= 11 is 0. The summed E-state index contributed by atoms with van der Waals surface area (Å²) in [6, 6.07) is 16.4. The molecule has 0 amide bonds. The normalized spacial score (nSPS) is 16.3. The van der Waals surface area contributed by atoms with E-state index in [1.165, 1.54) is 10.4 Å². The molecule has 34 heavy (non-hydrogen) atoms. The van der Waals surface area contributed by atoms with Crippen LogP contribution in [0.2, 0.25) is 0 Å². The first-order valence-corrected chi connectivity index (χ1v) is 12.5. The molecule has 2 aromatic carbocycles. The van der Waals surface area contributed by atoms with Gasteiger partial charge in [0, 0.05) is 25.8 Å². The van der Waals surface area contributed by atoms with Gasteiger partial charge in [-0.2, -0.15) is 9.40 Å². The average molecular weight is 483 g/mol. The topological polar surface area (TPSA) is 76.9 Å². The molecule has 0 bridgehead atoms. The van der Waals surface area contributed by atoms with Gasteiger partial charge in [-0.3, -0.25) is 4.90 Å². The maximum Gasteiger partial charge on any atom is 0.263 e. The molecule has 0 radical (unpaired) electrons. The number of hydrogen-bond donors (Lipinski definition) is 0. The van der Waals surface area contributed by atoms with E-state index < -0.39 is 10.0 Å². The molecule has 1 atom stereocenters. The minimum atomic E-state index is -3.89. The van der Waals surface area contributed by atoms with E-state index in [2.05, 4.69) is 16.6 Å². The fourth-order valence-electron chi connectivity index (χ4n) is 3.92. The second-order valence-corrected chi connectivity index (χ2v) is 10.2. The van der Waals surface area contributed by atoms with Crippen LogP contribution in [0.3, 0.4) is 0 Å². The standard InChI is InChI=1S/C25H30N4O4S/c1-19(24-13-15-27(24)2)29-16-14-25(26-29)34(30,31)28(17-20-5-9-22(32-3)10-6-20)18-21-7-11-23(33-4)12-8-21/h5-12,14,16,24H,1,13,15,17-18H2,2-4H3/t24-/m0/s1. The van der Waals surface area contributed by atoms with Crippen molar-refractivity contribution in [3.05, 3.63) is 78.5 Å². The third-order valence-corrected chi connectivity index (χ3v) is 7.86. The fourth-order valence-corrected chi connectivity index (χ4v) is 5.25. The second-order valence-electron chi connectivity index (χ2n) is 8.34. The zero-order valence-corrected chi connectivity index (χ0v) is 20.5. The molecule has 9 heteroatoms. The van der Waals surface area contributed by atoms with Crippen LogP contribution in [-0.2, 0) is 23.1 Å². The van der Waals surface area contributed by atoms with Crippen molar-refractivity contribution in [3.8, 4) is 11.5 Å². The average Bonchev–Trinajstić information content (AvgIpc) is 3.35. The summed E-state index contributed by atoms with van der Waals surface area (Å²) in [6.45, 7) is 5.51. The number of aromatic nitrogens is 2. The summed E-state index contributed by atoms with van der Waals surface area (Å²) in [5.41, 5.74) is 2.46. The first kappa shape index (κ1) is 24.0. The van der Waals surface area contributed by atoms with E-state index in [4.69, 9.17) is 9.47 Å². The van der Waals surface area contributed by atoms with Gasteiger partial charge in [-0.05, 0) is 54.9 Å². The lowest BCUT2D eigenvalue weighted by atomic mass is 10.0. The Morgan fingerprint density at radius 1 is 1.00 bits per heavy atom. The SMILES string of the molecule is C=C([C@@H]1CCN1C)n1ccc(S(=O)(=O)N(Cc2ccc(OC)cc2)Cc2ccc(OC)cc2)n1. The van der Waals surface area contributed by atoms with Crippen LogP contribution in [0.15, 0.2) is 72.4 Å². The lowest BCUT2D eigenvalue weighted by molar-refractivity contribution is 0.168. The Morgan fingerprint density at radius 3 is 1.94 bits per heavy atom. The Balaban J connectivity index is 1.62. The van der Waals surface area contributed by atoms with Gasteiger partial charge in [0.2, 0.25) is 0 Å². The van der Waals surface area contributed by atoms with E-state index in [0.717, 1.165) is 29.8 Å². The van der Waals surface area contributed by atoms with Crippen molar-refractivity contribution in [3.63, 3.8) is 0 Å². The molecule has 180 valence electrons. The number of nitrogens with zero attached hydrogens (tertiary/aromatic N) is 4. The molecule has 1 aliphatic rings. The van der Waals surface area contributed by atoms with Crippen LogP contribution in [0.5, 0.6) is 11.5 Å². The molecule has 3 aromatic rings. The summed E-state index contributed by atoms with van der Waals surface area (Å²) in [6.07, 6.45) is 2.65. The summed E-state index contributed by atoms with van der Waals surface area (Å²) in [5.74, 6) is 1.43. The van der Waals surface area contributed by atoms with Gasteiger partial charge in [0.1, 0.15) is 11.5 Å². The molecule has 1 saturated heterocycles. The molecule has 0 N–H and O–H groups in total. The summed E-state index contributed by atoms with van der Waals surface area (Å²) in [7, 11) is 1.33. The molecule has 2 heterocycles. The van der Waals surface area contributed by atoms with Crippen LogP contribution in [-0.4, -0.2) is 61.3 Å². The number of likely N-dealkylation sites (tertiary alicyclic amines) is 1. The lowest BCUT2D eigenvalue weighted by Gasteiger charge is -2.38. The van der Waals surface area contributed by atoms with Crippen LogP contribution < -0.4 is 9.47 Å². The van der Waals surface area contributed by atoms with Crippen LogP contribution in [0.4, 0.5) is 0 Å². The lowest BCUT2D eigenvalue weighted by Crippen LogP contribution is -2.46. The van der Waals surface area contributed by atoms with Gasteiger partial charge in [-0.1, -0.05) is 30.8 Å². The minimum absolute atomic E-state index is 0.00218. The van der Waals surface area contributed by atoms with E-state index in [1.807, 2.05) is 55.6 Å². The van der Waals surface area contributed by atoms with Gasteiger partial charge in [-0.15, -0.1) is 0 Å². The van der Waals surface area contributed by atoms with Gasteiger partial charge in [0.15, 0.2) is 5.03 Å². The smallest absolute Gasteiger partial charge is 0.263 e. The van der Waals surface area contributed by atoms with Crippen molar-refractivity contribution < 1.29 is 17.9 Å². The molecule has 1 aromatic heterocycles. The molecular formula is C25H30N4O4S. The van der Waals surface area contributed by atoms with E-state index >= 15 is 0 Å². The molecule has 0 unspecified atom stereocenters. The number of hydrogen-bond acceptors (Lipinski definition) is 6. The summed E-state index contributed by atoms with van der Waals surface area (Å²) < 4.78 is 40.9. The Kier molecular flexibility index (Phi) is 7.06. The van der Waals surface area contributed by atoms with Crippen molar-refractivity contribution in [2.24, 2.45) is 0 Å². The van der Waals surface area contributed by atoms with Gasteiger partial charge >= 0.3 is 0 Å². The van der Waals surface area contributed by atoms with Crippen LogP contribution in [0, 0.1) is 0 Å². The number of benzene rings is 2. The van der Waals surface area contributed by atoms with Crippen molar-refractivity contribution >= 4 is 15.7 Å². The van der Waals surface area contributed by atoms with E-state index in [1.54, 1.807) is 25.1 Å². The van der Waals surface area contributed by atoms with E-state index in [0.29, 0.717) is 11.5 Å². The molecule has 8 nitrogen and oxygen atoms in total. The highest BCUT2D eigenvalue weighted by Gasteiger charge is 2.31. The molecule has 1 aliphatic heterocycles. The van der Waals surface area contributed by atoms with Crippen LogP contribution in [0.25, 0.3) is 5.70 Å². The zero-order chi connectivity index (χ0) is 24.3. The number of likely N-dealkylation sites (N-methyl/N-ethyl adjacent to an activating group) is 1. The number of methoxy groups -OCH3 is 2. The predicted molar refractivity (Wildman–Crippen MR) is 131 cm³/mol. The van der Waals surface area contributed by atoms with Crippen LogP contribution >= 0.6 is 0 Å². The molecule has 0 aliphatic carbocycles. The summed E-state index contributed by atoms with van der Waals surface area (Å²) in [5, 5.41) is 4.40. The quantitative estimate of drug-likeness (QED) is 0.441. The van der Waals surface area contributed by atoms with Crippen molar-refractivity contribution in [2.75, 3.05) is 27.8 Å². The second kappa shape index (κ2) is 10.0. The van der Waals surface area contributed by atoms with Gasteiger partial charge in [0.25, 0.3) is 10.0 Å². The first-order valence-electron chi connectivity index (χ1n) is 11.0. The Morgan fingerprint density at radius 2 is 1.53 bits per heavy atom. The highest BCUT2D eigenvalue weighted by atomic mass is 32.2. The third-order valence-electron chi connectivity index (χ3n) is 6.17. The Bertz CT molecular complexity index is 1190. The Hall–Kier alpha value is -3.14. The van der Waals surface area contributed by atoms with Crippen molar-refractivity contribution in [1.82, 2.24) is 19.0 Å². The molecule has 0 saturated carbocycles. The highest BCUT2D eigenvalue weighted by Crippen LogP contribution is 2.26. The maximum absolute atomic E-state index is 13.7. The number of ether oxygens (including phenoxy) is 2. The molecule has 4 rings (SSSR count). The zero-order valence-electron chi connectivity index (χ0n) is 19.7. The monoisotopic (exact) mass is 482 g/mol. The number of rotatable bonds is 10. The van der Waals surface area contributed by atoms with Gasteiger partial charge in [-0.25, -0.2) is 13.1 Å². The third kappa shape index (κ3) is 5.01. The van der Waals surface area contributed by atoms with Crippen molar-refractivity contribution in [2.45, 2.75) is 30.6 Å². The van der Waals surface area contributed by atoms with Crippen molar-refractivity contribution in [1.29, 1.82) is 0 Å². The van der Waals surface area contributed by atoms with Gasteiger partial charge in [0.05, 0.1) is 26.0 Å². The fraction of sp³-hybridized carbons (Fsp3) is 0.320.